The van der Waals surface area contributed by atoms with E-state index in [1.54, 1.807) is 0 Å². The number of carbonyl (C=O) groups excluding carboxylic acids is 2. The van der Waals surface area contributed by atoms with Gasteiger partial charge in [0.05, 0.1) is 13.2 Å². The Hall–Kier alpha value is -2.03. The van der Waals surface area contributed by atoms with E-state index in [0.29, 0.717) is 12.8 Å². The van der Waals surface area contributed by atoms with Crippen LogP contribution in [0.2, 0.25) is 0 Å². The fourth-order valence-corrected chi connectivity index (χ4v) is 4.98. The van der Waals surface area contributed by atoms with E-state index in [1.165, 1.54) is 32.1 Å². The molecule has 2 atom stereocenters. The van der Waals surface area contributed by atoms with Crippen LogP contribution in [0.3, 0.4) is 0 Å². The Kier molecular flexibility index (Phi) is 30.5. The van der Waals surface area contributed by atoms with Gasteiger partial charge in [0.15, 0.2) is 6.10 Å². The van der Waals surface area contributed by atoms with Gasteiger partial charge in [0.1, 0.15) is 6.61 Å². The first-order valence-electron chi connectivity index (χ1n) is 17.1. The van der Waals surface area contributed by atoms with E-state index in [4.69, 9.17) is 24.3 Å². The lowest BCUT2D eigenvalue weighted by molar-refractivity contribution is -0.161. The average molecular weight is 656 g/mol. The van der Waals surface area contributed by atoms with Crippen LogP contribution in [0.5, 0.6) is 0 Å². The zero-order valence-corrected chi connectivity index (χ0v) is 29.0. The number of hydrogen-bond donors (Lipinski definition) is 2. The van der Waals surface area contributed by atoms with E-state index >= 15 is 0 Å². The van der Waals surface area contributed by atoms with Gasteiger partial charge in [-0.3, -0.25) is 18.6 Å². The third-order valence-electron chi connectivity index (χ3n) is 6.73. The Morgan fingerprint density at radius 1 is 0.689 bits per heavy atom. The molecule has 0 fully saturated rings. The van der Waals surface area contributed by atoms with Crippen molar-refractivity contribution in [2.75, 3.05) is 26.4 Å². The van der Waals surface area contributed by atoms with Gasteiger partial charge in [-0.1, -0.05) is 114 Å². The van der Waals surface area contributed by atoms with E-state index in [1.807, 2.05) is 0 Å². The average Bonchev–Trinajstić information content (AvgIpc) is 3.02. The SMILES string of the molecule is CC/C=C/C/C=C/C/C=C/C/C=C/CCCCC(=O)OC[C@@H](COP(=O)(O)OCCN)OC(=O)CCCCCCCCCCC. The maximum atomic E-state index is 12.4. The lowest BCUT2D eigenvalue weighted by atomic mass is 10.1. The van der Waals surface area contributed by atoms with Gasteiger partial charge in [-0.15, -0.1) is 0 Å². The lowest BCUT2D eigenvalue weighted by Crippen LogP contribution is -2.29. The largest absolute Gasteiger partial charge is 0.472 e. The Balaban J connectivity index is 4.34. The minimum absolute atomic E-state index is 0.0466. The van der Waals surface area contributed by atoms with Crippen LogP contribution in [-0.4, -0.2) is 49.3 Å². The lowest BCUT2D eigenvalue weighted by Gasteiger charge is -2.19. The quantitative estimate of drug-likeness (QED) is 0.0325. The van der Waals surface area contributed by atoms with Gasteiger partial charge in [-0.25, -0.2) is 4.57 Å². The molecule has 0 saturated carbocycles. The van der Waals surface area contributed by atoms with Gasteiger partial charge in [0.25, 0.3) is 0 Å². The number of nitrogens with two attached hydrogens (primary N) is 1. The van der Waals surface area contributed by atoms with Gasteiger partial charge in [-0.2, -0.15) is 0 Å². The van der Waals surface area contributed by atoms with Gasteiger partial charge in [-0.05, 0) is 51.4 Å². The number of hydrogen-bond acceptors (Lipinski definition) is 8. The van der Waals surface area contributed by atoms with Crippen molar-refractivity contribution in [3.8, 4) is 0 Å². The highest BCUT2D eigenvalue weighted by Crippen LogP contribution is 2.43. The molecule has 10 heteroatoms. The van der Waals surface area contributed by atoms with Gasteiger partial charge in [0, 0.05) is 19.4 Å². The summed E-state index contributed by atoms with van der Waals surface area (Å²) in [4.78, 5) is 34.5. The fourth-order valence-electron chi connectivity index (χ4n) is 4.21. The highest BCUT2D eigenvalue weighted by Gasteiger charge is 2.25. The minimum atomic E-state index is -4.37. The highest BCUT2D eigenvalue weighted by atomic mass is 31.2. The van der Waals surface area contributed by atoms with Crippen LogP contribution in [-0.2, 0) is 32.7 Å². The van der Waals surface area contributed by atoms with Crippen molar-refractivity contribution in [2.45, 2.75) is 136 Å². The van der Waals surface area contributed by atoms with Gasteiger partial charge >= 0.3 is 19.8 Å². The molecule has 0 aromatic rings. The van der Waals surface area contributed by atoms with Crippen molar-refractivity contribution in [1.82, 2.24) is 0 Å². The molecule has 0 amide bonds. The number of rotatable bonds is 31. The molecule has 0 aliphatic carbocycles. The number of ether oxygens (including phenoxy) is 2. The number of phosphoric acid groups is 1. The number of unbranched alkanes of at least 4 members (excludes halogenated alkanes) is 10. The van der Waals surface area contributed by atoms with Crippen molar-refractivity contribution in [1.29, 1.82) is 0 Å². The predicted molar refractivity (Wildman–Crippen MR) is 183 cm³/mol. The zero-order valence-electron chi connectivity index (χ0n) is 28.1. The van der Waals surface area contributed by atoms with Crippen LogP contribution < -0.4 is 5.73 Å². The molecule has 45 heavy (non-hydrogen) atoms. The molecule has 0 radical (unpaired) electrons. The second kappa shape index (κ2) is 31.9. The molecular weight excluding hydrogens is 593 g/mol. The second-order valence-electron chi connectivity index (χ2n) is 11.0. The van der Waals surface area contributed by atoms with Crippen LogP contribution in [0, 0.1) is 0 Å². The molecule has 0 heterocycles. The Morgan fingerprint density at radius 3 is 1.82 bits per heavy atom. The molecule has 0 aromatic heterocycles. The van der Waals surface area contributed by atoms with Gasteiger partial charge in [0.2, 0.25) is 0 Å². The summed E-state index contributed by atoms with van der Waals surface area (Å²) in [5.74, 6) is -0.886. The maximum Gasteiger partial charge on any atom is 0.472 e. The summed E-state index contributed by atoms with van der Waals surface area (Å²) in [6.45, 7) is 3.51. The van der Waals surface area contributed by atoms with Crippen molar-refractivity contribution >= 4 is 19.8 Å². The summed E-state index contributed by atoms with van der Waals surface area (Å²) in [7, 11) is -4.37. The molecule has 0 spiro atoms. The zero-order chi connectivity index (χ0) is 33.3. The molecular formula is C35H62NO8P. The molecule has 0 aliphatic rings. The molecule has 260 valence electrons. The summed E-state index contributed by atoms with van der Waals surface area (Å²) in [6.07, 6.45) is 33.0. The molecule has 0 rings (SSSR count). The molecule has 0 saturated heterocycles. The van der Waals surface area contributed by atoms with Crippen molar-refractivity contribution in [3.63, 3.8) is 0 Å². The number of esters is 2. The maximum absolute atomic E-state index is 12.4. The molecule has 0 bridgehead atoms. The number of carbonyl (C=O) groups is 2. The smallest absolute Gasteiger partial charge is 0.462 e. The number of phosphoric ester groups is 1. The van der Waals surface area contributed by atoms with E-state index in [0.717, 1.165) is 57.8 Å². The third kappa shape index (κ3) is 31.7. The van der Waals surface area contributed by atoms with Crippen LogP contribution in [0.1, 0.15) is 129 Å². The molecule has 0 aromatic carbocycles. The van der Waals surface area contributed by atoms with E-state index in [2.05, 4.69) is 62.5 Å². The Labute approximate surface area is 273 Å². The van der Waals surface area contributed by atoms with E-state index < -0.39 is 32.5 Å². The first-order valence-corrected chi connectivity index (χ1v) is 18.6. The topological polar surface area (TPSA) is 134 Å². The first kappa shape index (κ1) is 43.0. The van der Waals surface area contributed by atoms with Crippen LogP contribution in [0.4, 0.5) is 0 Å². The number of allylic oxidation sites excluding steroid dienone is 8. The molecule has 1 unspecified atom stereocenters. The second-order valence-corrected chi connectivity index (χ2v) is 12.5. The Morgan fingerprint density at radius 2 is 1.22 bits per heavy atom. The summed E-state index contributed by atoms with van der Waals surface area (Å²) in [6, 6.07) is 0. The summed E-state index contributed by atoms with van der Waals surface area (Å²) >= 11 is 0. The first-order chi connectivity index (χ1) is 21.8. The summed E-state index contributed by atoms with van der Waals surface area (Å²) < 4.78 is 32.4. The van der Waals surface area contributed by atoms with Crippen LogP contribution in [0.15, 0.2) is 48.6 Å². The van der Waals surface area contributed by atoms with Crippen molar-refractivity contribution in [3.05, 3.63) is 48.6 Å². The van der Waals surface area contributed by atoms with Gasteiger partial charge < -0.3 is 20.1 Å². The van der Waals surface area contributed by atoms with Crippen LogP contribution in [0.25, 0.3) is 0 Å². The Bertz CT molecular complexity index is 887. The van der Waals surface area contributed by atoms with Crippen LogP contribution >= 0.6 is 7.82 Å². The van der Waals surface area contributed by atoms with Crippen molar-refractivity contribution < 1.29 is 37.6 Å². The third-order valence-corrected chi connectivity index (χ3v) is 7.71. The summed E-state index contributed by atoms with van der Waals surface area (Å²) in [5, 5.41) is 0. The molecule has 0 aliphatic heterocycles. The monoisotopic (exact) mass is 655 g/mol. The standard InChI is InChI=1S/C35H62NO8P/c1-3-5-7-9-11-13-14-15-16-17-18-20-21-23-25-27-34(37)41-31-33(32-43-45(39,40)42-30-29-36)44-35(38)28-26-24-22-19-12-10-8-6-4-2/h5,7,11,13,15-16,18,20,33H,3-4,6,8-10,12,14,17,19,21-32,36H2,1-2H3,(H,39,40)/b7-5+,13-11+,16-15+,20-18+/t33-/m0/s1. The normalized spacial score (nSPS) is 14.1. The minimum Gasteiger partial charge on any atom is -0.462 e. The molecule has 9 nitrogen and oxygen atoms in total. The highest BCUT2D eigenvalue weighted by molar-refractivity contribution is 7.47. The predicted octanol–water partition coefficient (Wildman–Crippen LogP) is 8.82. The van der Waals surface area contributed by atoms with Crippen molar-refractivity contribution in [2.24, 2.45) is 5.73 Å². The van der Waals surface area contributed by atoms with E-state index in [9.17, 15) is 19.0 Å². The fraction of sp³-hybridized carbons (Fsp3) is 0.714. The van der Waals surface area contributed by atoms with E-state index in [-0.39, 0.29) is 32.6 Å². The summed E-state index contributed by atoms with van der Waals surface area (Å²) in [5.41, 5.74) is 5.31. The molecule has 3 N–H and O–H groups in total.